The highest BCUT2D eigenvalue weighted by Crippen LogP contribution is 2.12. The van der Waals surface area contributed by atoms with E-state index < -0.39 is 0 Å². The van der Waals surface area contributed by atoms with Crippen LogP contribution in [-0.2, 0) is 0 Å². The zero-order valence-electron chi connectivity index (χ0n) is 15.2. The average molecular weight is 283 g/mol. The van der Waals surface area contributed by atoms with Crippen LogP contribution in [0.4, 0.5) is 0 Å². The number of rotatable bonds is 2. The molecular weight excluding hydrogens is 244 g/mol. The Labute approximate surface area is 128 Å². The molecule has 0 fully saturated rings. The molecule has 0 aliphatic carbocycles. The van der Waals surface area contributed by atoms with E-state index in [1.807, 2.05) is 47.6 Å². The molecule has 2 nitrogen and oxygen atoms in total. The third-order valence-corrected chi connectivity index (χ3v) is 2.49. The summed E-state index contributed by atoms with van der Waals surface area (Å²) < 4.78 is 0. The van der Waals surface area contributed by atoms with Crippen LogP contribution in [0.1, 0.15) is 54.9 Å². The van der Waals surface area contributed by atoms with E-state index in [0.29, 0.717) is 0 Å². The molecule has 2 heteroatoms. The first-order chi connectivity index (χ1) is 9.77. The topological polar surface area (TPSA) is 15.3 Å². The number of likely N-dealkylation sites (N-methyl/N-ethyl adjacent to an activating group) is 1. The van der Waals surface area contributed by atoms with Crippen molar-refractivity contribution in [3.8, 4) is 0 Å². The summed E-state index contributed by atoms with van der Waals surface area (Å²) in [5, 5.41) is 3.41. The van der Waals surface area contributed by atoms with E-state index in [2.05, 4.69) is 42.9 Å². The normalized spacial score (nSPS) is 18.8. The molecule has 1 N–H and O–H groups in total. The van der Waals surface area contributed by atoms with E-state index in [4.69, 9.17) is 0 Å². The van der Waals surface area contributed by atoms with Crippen molar-refractivity contribution in [1.82, 2.24) is 10.2 Å². The Hall–Kier alpha value is -1.02. The fraction of sp³-hybridized carbons (Fsp3) is 0.667. The van der Waals surface area contributed by atoms with Crippen molar-refractivity contribution in [2.75, 3.05) is 26.7 Å². The Balaban J connectivity index is -0.000000425. The van der Waals surface area contributed by atoms with Gasteiger partial charge < -0.3 is 10.2 Å². The Morgan fingerprint density at radius 3 is 2.05 bits per heavy atom. The van der Waals surface area contributed by atoms with Crippen molar-refractivity contribution in [2.24, 2.45) is 0 Å². The predicted molar refractivity (Wildman–Crippen MR) is 96.2 cm³/mol. The maximum absolute atomic E-state index is 3.84. The van der Waals surface area contributed by atoms with E-state index in [0.717, 1.165) is 26.1 Å². The summed E-state index contributed by atoms with van der Waals surface area (Å²) in [5.74, 6) is 0. The van der Waals surface area contributed by atoms with Gasteiger partial charge in [-0.3, -0.25) is 0 Å². The molecule has 0 saturated heterocycles. The van der Waals surface area contributed by atoms with Crippen molar-refractivity contribution in [1.29, 1.82) is 0 Å². The minimum absolute atomic E-state index is 0.999. The molecule has 1 aliphatic heterocycles. The van der Waals surface area contributed by atoms with Gasteiger partial charge in [-0.1, -0.05) is 60.3 Å². The van der Waals surface area contributed by atoms with Gasteiger partial charge in [0.2, 0.25) is 0 Å². The van der Waals surface area contributed by atoms with Crippen LogP contribution in [0.3, 0.4) is 0 Å². The predicted octanol–water partition coefficient (Wildman–Crippen LogP) is 5.01. The van der Waals surface area contributed by atoms with Crippen LogP contribution in [0.15, 0.2) is 36.1 Å². The van der Waals surface area contributed by atoms with Crippen LogP contribution < -0.4 is 5.32 Å². The molecule has 0 bridgehead atoms. The van der Waals surface area contributed by atoms with Crippen molar-refractivity contribution < 1.29 is 0 Å². The average Bonchev–Trinajstić information content (AvgIpc) is 2.52. The molecular formula is C18H38N2. The Morgan fingerprint density at radius 2 is 1.60 bits per heavy atom. The van der Waals surface area contributed by atoms with Gasteiger partial charge in [-0.2, -0.15) is 0 Å². The molecule has 0 amide bonds. The smallest absolute Gasteiger partial charge is 0.0367 e. The number of allylic oxidation sites excluding steroid dienone is 3. The molecule has 0 radical (unpaired) electrons. The highest BCUT2D eigenvalue weighted by Gasteiger charge is 2.07. The number of hydrogen-bond acceptors (Lipinski definition) is 2. The standard InChI is InChI=1S/C12H20N2.3C2H6/c1-4-6-11-7-9-14(3)10-8-13-12(11)5-2;3*1-2/h4-6,13H,2,7-10H2,1,3H3;3*1-2H3/b6-4-,12-11-;;;. The maximum atomic E-state index is 3.84. The van der Waals surface area contributed by atoms with Crippen molar-refractivity contribution in [2.45, 2.75) is 54.9 Å². The first kappa shape index (κ1) is 24.0. The van der Waals surface area contributed by atoms with Gasteiger partial charge in [0.25, 0.3) is 0 Å². The van der Waals surface area contributed by atoms with Crippen LogP contribution in [-0.4, -0.2) is 31.6 Å². The van der Waals surface area contributed by atoms with Gasteiger partial charge >= 0.3 is 0 Å². The summed E-state index contributed by atoms with van der Waals surface area (Å²) in [5.41, 5.74) is 2.55. The molecule has 0 saturated carbocycles. The zero-order chi connectivity index (χ0) is 16.4. The second-order valence-electron chi connectivity index (χ2n) is 3.62. The van der Waals surface area contributed by atoms with Gasteiger partial charge in [0.15, 0.2) is 0 Å². The van der Waals surface area contributed by atoms with E-state index in [9.17, 15) is 0 Å². The molecule has 0 aromatic carbocycles. The summed E-state index contributed by atoms with van der Waals surface area (Å²) in [6.07, 6.45) is 7.27. The lowest BCUT2D eigenvalue weighted by Crippen LogP contribution is -2.32. The summed E-state index contributed by atoms with van der Waals surface area (Å²) in [6.45, 7) is 21.1. The van der Waals surface area contributed by atoms with Gasteiger partial charge in [-0.15, -0.1) is 0 Å². The van der Waals surface area contributed by atoms with Gasteiger partial charge in [0.05, 0.1) is 0 Å². The fourth-order valence-electron chi connectivity index (χ4n) is 1.63. The molecule has 0 aromatic heterocycles. The van der Waals surface area contributed by atoms with Crippen LogP contribution in [0, 0.1) is 0 Å². The molecule has 1 aliphatic rings. The monoisotopic (exact) mass is 282 g/mol. The zero-order valence-corrected chi connectivity index (χ0v) is 15.2. The second kappa shape index (κ2) is 20.3. The van der Waals surface area contributed by atoms with Crippen molar-refractivity contribution in [3.05, 3.63) is 36.1 Å². The van der Waals surface area contributed by atoms with Gasteiger partial charge in [0, 0.05) is 25.3 Å². The quantitative estimate of drug-likeness (QED) is 0.766. The molecule has 20 heavy (non-hydrogen) atoms. The first-order valence-corrected chi connectivity index (χ1v) is 8.18. The summed E-state index contributed by atoms with van der Waals surface area (Å²) in [4.78, 5) is 2.34. The number of nitrogens with one attached hydrogen (secondary N) is 1. The van der Waals surface area contributed by atoms with Gasteiger partial charge in [0.1, 0.15) is 0 Å². The molecule has 120 valence electrons. The third-order valence-electron chi connectivity index (χ3n) is 2.49. The minimum atomic E-state index is 0.999. The lowest BCUT2D eigenvalue weighted by atomic mass is 10.1. The number of hydrogen-bond donors (Lipinski definition) is 1. The van der Waals surface area contributed by atoms with Gasteiger partial charge in [-0.25, -0.2) is 0 Å². The summed E-state index contributed by atoms with van der Waals surface area (Å²) in [7, 11) is 2.16. The van der Waals surface area contributed by atoms with Gasteiger partial charge in [-0.05, 0) is 32.0 Å². The van der Waals surface area contributed by atoms with E-state index in [1.165, 1.54) is 11.3 Å². The third kappa shape index (κ3) is 12.0. The minimum Gasteiger partial charge on any atom is -0.384 e. The van der Waals surface area contributed by atoms with Crippen LogP contribution in [0.25, 0.3) is 0 Å². The van der Waals surface area contributed by atoms with E-state index in [-0.39, 0.29) is 0 Å². The molecule has 0 atom stereocenters. The van der Waals surface area contributed by atoms with E-state index >= 15 is 0 Å². The first-order valence-electron chi connectivity index (χ1n) is 8.18. The summed E-state index contributed by atoms with van der Waals surface area (Å²) >= 11 is 0. The highest BCUT2D eigenvalue weighted by atomic mass is 15.1. The Bertz CT molecular complexity index is 252. The van der Waals surface area contributed by atoms with Crippen molar-refractivity contribution in [3.63, 3.8) is 0 Å². The van der Waals surface area contributed by atoms with Crippen LogP contribution in [0.2, 0.25) is 0 Å². The van der Waals surface area contributed by atoms with E-state index in [1.54, 1.807) is 0 Å². The number of nitrogens with zero attached hydrogens (tertiary/aromatic N) is 1. The lowest BCUT2D eigenvalue weighted by molar-refractivity contribution is 0.334. The Morgan fingerprint density at radius 1 is 1.05 bits per heavy atom. The maximum Gasteiger partial charge on any atom is 0.0367 e. The Kier molecular flexibility index (Phi) is 24.4. The summed E-state index contributed by atoms with van der Waals surface area (Å²) in [6, 6.07) is 0. The second-order valence-corrected chi connectivity index (χ2v) is 3.62. The molecule has 1 rings (SSSR count). The van der Waals surface area contributed by atoms with Crippen molar-refractivity contribution >= 4 is 0 Å². The highest BCUT2D eigenvalue weighted by molar-refractivity contribution is 5.31. The molecule has 0 aromatic rings. The lowest BCUT2D eigenvalue weighted by Gasteiger charge is -2.22. The SMILES string of the molecule is C=C/C1=C(\C=C/C)CCN(C)CCN1.CC.CC.CC. The fourth-order valence-corrected chi connectivity index (χ4v) is 1.63. The molecule has 1 heterocycles. The molecule has 0 spiro atoms. The molecule has 0 unspecified atom stereocenters. The van der Waals surface area contributed by atoms with Crippen LogP contribution in [0.5, 0.6) is 0 Å². The van der Waals surface area contributed by atoms with Crippen LogP contribution >= 0.6 is 0 Å². The largest absolute Gasteiger partial charge is 0.384 e.